The van der Waals surface area contributed by atoms with Gasteiger partial charge >= 0.3 is 6.03 Å². The van der Waals surface area contributed by atoms with Gasteiger partial charge in [-0.1, -0.05) is 36.4 Å². The predicted molar refractivity (Wildman–Crippen MR) is 107 cm³/mol. The summed E-state index contributed by atoms with van der Waals surface area (Å²) in [4.78, 5) is 26.3. The van der Waals surface area contributed by atoms with E-state index in [9.17, 15) is 9.59 Å². The molecule has 1 heterocycles. The van der Waals surface area contributed by atoms with E-state index in [0.29, 0.717) is 18.8 Å². The van der Waals surface area contributed by atoms with Crippen LogP contribution >= 0.6 is 0 Å². The van der Waals surface area contributed by atoms with Crippen LogP contribution in [0.4, 0.5) is 10.5 Å². The molecule has 3 amide bonds. The summed E-state index contributed by atoms with van der Waals surface area (Å²) in [5, 5.41) is 5.08. The van der Waals surface area contributed by atoms with Gasteiger partial charge in [-0.25, -0.2) is 4.79 Å². The van der Waals surface area contributed by atoms with E-state index in [0.717, 1.165) is 11.1 Å². The van der Waals surface area contributed by atoms with Crippen LogP contribution in [0.5, 0.6) is 0 Å². The molecule has 3 rings (SSSR count). The average Bonchev–Trinajstić information content (AvgIpc) is 2.98. The SMILES string of the molecule is Cc1ccc(NC(=O)NC(=O)CN2C[C@@H](N)[C@H](c3ccccc3)C2)cc1C. The first-order valence-corrected chi connectivity index (χ1v) is 9.13. The number of nitrogens with one attached hydrogen (secondary N) is 2. The third kappa shape index (κ3) is 4.93. The van der Waals surface area contributed by atoms with Gasteiger partial charge in [0.1, 0.15) is 0 Å². The van der Waals surface area contributed by atoms with Gasteiger partial charge in [0.2, 0.25) is 5.91 Å². The Morgan fingerprint density at radius 1 is 1.07 bits per heavy atom. The normalized spacial score (nSPS) is 19.7. The average molecular weight is 366 g/mol. The van der Waals surface area contributed by atoms with Crippen molar-refractivity contribution in [2.75, 3.05) is 25.0 Å². The highest BCUT2D eigenvalue weighted by molar-refractivity contribution is 6.01. The molecular formula is C21H26N4O2. The monoisotopic (exact) mass is 366 g/mol. The third-order valence-corrected chi connectivity index (χ3v) is 5.05. The van der Waals surface area contributed by atoms with Crippen molar-refractivity contribution >= 4 is 17.6 Å². The van der Waals surface area contributed by atoms with Crippen LogP contribution in [-0.4, -0.2) is 42.5 Å². The highest BCUT2D eigenvalue weighted by Gasteiger charge is 2.32. The van der Waals surface area contributed by atoms with Crippen LogP contribution in [0.25, 0.3) is 0 Å². The predicted octanol–water partition coefficient (Wildman–Crippen LogP) is 2.38. The molecule has 0 bridgehead atoms. The number of hydrogen-bond donors (Lipinski definition) is 3. The van der Waals surface area contributed by atoms with Gasteiger partial charge in [0.05, 0.1) is 6.54 Å². The number of hydrogen-bond acceptors (Lipinski definition) is 4. The highest BCUT2D eigenvalue weighted by Crippen LogP contribution is 2.25. The van der Waals surface area contributed by atoms with Gasteiger partial charge in [-0.15, -0.1) is 0 Å². The summed E-state index contributed by atoms with van der Waals surface area (Å²) in [6.07, 6.45) is 0. The fourth-order valence-corrected chi connectivity index (χ4v) is 3.45. The van der Waals surface area contributed by atoms with Gasteiger partial charge in [-0.2, -0.15) is 0 Å². The molecule has 0 aromatic heterocycles. The van der Waals surface area contributed by atoms with Crippen molar-refractivity contribution < 1.29 is 9.59 Å². The van der Waals surface area contributed by atoms with Gasteiger partial charge in [-0.05, 0) is 42.7 Å². The van der Waals surface area contributed by atoms with Crippen LogP contribution in [-0.2, 0) is 4.79 Å². The minimum absolute atomic E-state index is 0.0236. The number of carbonyl (C=O) groups excluding carboxylic acids is 2. The second kappa shape index (κ2) is 8.33. The molecule has 1 fully saturated rings. The van der Waals surface area contributed by atoms with Crippen molar-refractivity contribution in [2.45, 2.75) is 25.8 Å². The maximum Gasteiger partial charge on any atom is 0.325 e. The highest BCUT2D eigenvalue weighted by atomic mass is 16.2. The molecule has 142 valence electrons. The van der Waals surface area contributed by atoms with E-state index in [-0.39, 0.29) is 24.4 Å². The summed E-state index contributed by atoms with van der Waals surface area (Å²) in [5.74, 6) is -0.138. The van der Waals surface area contributed by atoms with Gasteiger partial charge in [-0.3, -0.25) is 15.0 Å². The lowest BCUT2D eigenvalue weighted by atomic mass is 9.95. The number of nitrogens with zero attached hydrogens (tertiary/aromatic N) is 1. The fraction of sp³-hybridized carbons (Fsp3) is 0.333. The van der Waals surface area contributed by atoms with Gasteiger partial charge in [0, 0.05) is 30.7 Å². The van der Waals surface area contributed by atoms with E-state index in [4.69, 9.17) is 5.73 Å². The molecule has 6 heteroatoms. The molecule has 2 aromatic rings. The summed E-state index contributed by atoms with van der Waals surface area (Å²) in [6.45, 7) is 5.47. The summed E-state index contributed by atoms with van der Waals surface area (Å²) in [5.41, 5.74) is 10.3. The van der Waals surface area contributed by atoms with Crippen LogP contribution in [0.2, 0.25) is 0 Å². The maximum absolute atomic E-state index is 12.2. The van der Waals surface area contributed by atoms with Crippen molar-refractivity contribution in [2.24, 2.45) is 5.73 Å². The molecule has 0 unspecified atom stereocenters. The number of aryl methyl sites for hydroxylation is 2. The Morgan fingerprint density at radius 2 is 1.81 bits per heavy atom. The number of nitrogens with two attached hydrogens (primary N) is 1. The van der Waals surface area contributed by atoms with Gasteiger partial charge in [0.25, 0.3) is 0 Å². The molecule has 4 N–H and O–H groups in total. The van der Waals surface area contributed by atoms with Gasteiger partial charge in [0.15, 0.2) is 0 Å². The number of benzene rings is 2. The molecule has 2 atom stereocenters. The van der Waals surface area contributed by atoms with E-state index in [2.05, 4.69) is 22.8 Å². The zero-order valence-corrected chi connectivity index (χ0v) is 15.7. The Bertz CT molecular complexity index is 822. The Hall–Kier alpha value is -2.70. The molecule has 1 saturated heterocycles. The van der Waals surface area contributed by atoms with E-state index < -0.39 is 6.03 Å². The molecule has 0 spiro atoms. The number of amides is 3. The quantitative estimate of drug-likeness (QED) is 0.775. The number of urea groups is 1. The molecule has 0 saturated carbocycles. The topological polar surface area (TPSA) is 87.5 Å². The van der Waals surface area contributed by atoms with Crippen molar-refractivity contribution in [3.05, 3.63) is 65.2 Å². The first kappa shape index (κ1) is 19.1. The number of carbonyl (C=O) groups is 2. The number of rotatable bonds is 4. The Labute approximate surface area is 159 Å². The first-order valence-electron chi connectivity index (χ1n) is 9.13. The van der Waals surface area contributed by atoms with E-state index in [1.54, 1.807) is 0 Å². The van der Waals surface area contributed by atoms with Crippen LogP contribution in [0.15, 0.2) is 48.5 Å². The molecule has 27 heavy (non-hydrogen) atoms. The molecule has 1 aliphatic heterocycles. The van der Waals surface area contributed by atoms with E-state index in [1.807, 2.05) is 55.1 Å². The second-order valence-corrected chi connectivity index (χ2v) is 7.18. The molecule has 0 aliphatic carbocycles. The third-order valence-electron chi connectivity index (χ3n) is 5.05. The van der Waals surface area contributed by atoms with Crippen molar-refractivity contribution in [3.8, 4) is 0 Å². The molecule has 2 aromatic carbocycles. The standard InChI is InChI=1S/C21H26N4O2/c1-14-8-9-17(10-15(14)2)23-21(27)24-20(26)13-25-11-18(19(22)12-25)16-6-4-3-5-7-16/h3-10,18-19H,11-13,22H2,1-2H3,(H2,23,24,26,27)/t18-,19+/m0/s1. The lowest BCUT2D eigenvalue weighted by molar-refractivity contribution is -0.120. The zero-order chi connectivity index (χ0) is 19.4. The van der Waals surface area contributed by atoms with Crippen LogP contribution in [0, 0.1) is 13.8 Å². The largest absolute Gasteiger partial charge is 0.326 e. The summed E-state index contributed by atoms with van der Waals surface area (Å²) in [7, 11) is 0. The van der Waals surface area contributed by atoms with E-state index in [1.165, 1.54) is 5.56 Å². The Kier molecular flexibility index (Phi) is 5.88. The van der Waals surface area contributed by atoms with Crippen molar-refractivity contribution in [1.82, 2.24) is 10.2 Å². The second-order valence-electron chi connectivity index (χ2n) is 7.18. The minimum Gasteiger partial charge on any atom is -0.326 e. The zero-order valence-electron chi connectivity index (χ0n) is 15.7. The lowest BCUT2D eigenvalue weighted by Crippen LogP contribution is -2.41. The van der Waals surface area contributed by atoms with Gasteiger partial charge < -0.3 is 11.1 Å². The van der Waals surface area contributed by atoms with Crippen LogP contribution < -0.4 is 16.4 Å². The molecule has 6 nitrogen and oxygen atoms in total. The smallest absolute Gasteiger partial charge is 0.325 e. The maximum atomic E-state index is 12.2. The first-order chi connectivity index (χ1) is 12.9. The summed E-state index contributed by atoms with van der Waals surface area (Å²) in [6, 6.07) is 15.2. The minimum atomic E-state index is -0.522. The summed E-state index contributed by atoms with van der Waals surface area (Å²) < 4.78 is 0. The van der Waals surface area contributed by atoms with E-state index >= 15 is 0 Å². The summed E-state index contributed by atoms with van der Waals surface area (Å²) >= 11 is 0. The number of imide groups is 1. The number of anilines is 1. The van der Waals surface area contributed by atoms with Crippen LogP contribution in [0.1, 0.15) is 22.6 Å². The number of likely N-dealkylation sites (tertiary alicyclic amines) is 1. The fourth-order valence-electron chi connectivity index (χ4n) is 3.45. The van der Waals surface area contributed by atoms with Crippen LogP contribution in [0.3, 0.4) is 0 Å². The van der Waals surface area contributed by atoms with Crippen molar-refractivity contribution in [3.63, 3.8) is 0 Å². The molecule has 0 radical (unpaired) electrons. The molecular weight excluding hydrogens is 340 g/mol. The Morgan fingerprint density at radius 3 is 2.52 bits per heavy atom. The van der Waals surface area contributed by atoms with Crippen molar-refractivity contribution in [1.29, 1.82) is 0 Å². The lowest BCUT2D eigenvalue weighted by Gasteiger charge is -2.16. The molecule has 1 aliphatic rings. The Balaban J connectivity index is 1.50.